The lowest BCUT2D eigenvalue weighted by atomic mass is 9.90. The highest BCUT2D eigenvalue weighted by Crippen LogP contribution is 2.29. The third kappa shape index (κ3) is 5.38. The summed E-state index contributed by atoms with van der Waals surface area (Å²) in [6.45, 7) is 1.80. The number of halogens is 3. The van der Waals surface area contributed by atoms with Gasteiger partial charge in [-0.25, -0.2) is 9.97 Å². The minimum Gasteiger partial charge on any atom is -0.406 e. The highest BCUT2D eigenvalue weighted by molar-refractivity contribution is 5.87. The molecule has 0 atom stereocenters. The molecule has 1 aromatic carbocycles. The van der Waals surface area contributed by atoms with E-state index in [4.69, 9.17) is 0 Å². The Hall–Kier alpha value is -2.81. The van der Waals surface area contributed by atoms with Crippen LogP contribution in [0.2, 0.25) is 0 Å². The summed E-state index contributed by atoms with van der Waals surface area (Å²) in [4.78, 5) is 14.0. The number of rotatable bonds is 4. The van der Waals surface area contributed by atoms with E-state index < -0.39 is 6.36 Å². The van der Waals surface area contributed by atoms with Crippen molar-refractivity contribution in [1.82, 2.24) is 15.0 Å². The molecule has 3 N–H and O–H groups in total. The number of aromatic nitrogens is 3. The van der Waals surface area contributed by atoms with Gasteiger partial charge < -0.3 is 20.4 Å². The Morgan fingerprint density at radius 2 is 1.79 bits per heavy atom. The van der Waals surface area contributed by atoms with E-state index in [1.54, 1.807) is 18.5 Å². The molecule has 9 heteroatoms. The summed E-state index contributed by atoms with van der Waals surface area (Å²) in [7, 11) is 1.50. The summed E-state index contributed by atoms with van der Waals surface area (Å²) in [5, 5.41) is 1.02. The zero-order valence-electron chi connectivity index (χ0n) is 16.1. The van der Waals surface area contributed by atoms with Gasteiger partial charge >= 0.3 is 6.36 Å². The number of aromatic amines is 1. The van der Waals surface area contributed by atoms with E-state index in [1.165, 1.54) is 19.2 Å². The molecule has 3 aromatic rings. The molecule has 29 heavy (non-hydrogen) atoms. The molecule has 1 aliphatic rings. The van der Waals surface area contributed by atoms with Crippen LogP contribution in [0, 0.1) is 5.92 Å². The topological polar surface area (TPSA) is 80.1 Å². The Balaban J connectivity index is 0.00000117. The quantitative estimate of drug-likeness (QED) is 0.686. The molecule has 0 saturated carbocycles. The van der Waals surface area contributed by atoms with Crippen LogP contribution in [0.15, 0.2) is 42.9 Å². The molecule has 1 fully saturated rings. The summed E-state index contributed by atoms with van der Waals surface area (Å²) in [5.41, 5.74) is 6.36. The van der Waals surface area contributed by atoms with Gasteiger partial charge in [0.15, 0.2) is 0 Å². The Kier molecular flexibility index (Phi) is 6.58. The van der Waals surface area contributed by atoms with Crippen molar-refractivity contribution in [3.05, 3.63) is 48.4 Å². The van der Waals surface area contributed by atoms with Crippen molar-refractivity contribution in [3.8, 4) is 5.75 Å². The van der Waals surface area contributed by atoms with Gasteiger partial charge in [0, 0.05) is 19.3 Å². The van der Waals surface area contributed by atoms with Crippen LogP contribution in [0.5, 0.6) is 5.75 Å². The van der Waals surface area contributed by atoms with Gasteiger partial charge in [-0.15, -0.1) is 13.2 Å². The molecule has 1 saturated heterocycles. The second-order valence-electron chi connectivity index (χ2n) is 6.76. The first kappa shape index (κ1) is 20.9. The minimum atomic E-state index is -4.65. The number of nitrogens with two attached hydrogens (primary N) is 1. The van der Waals surface area contributed by atoms with Crippen molar-refractivity contribution in [3.63, 3.8) is 0 Å². The Labute approximate surface area is 166 Å². The predicted octanol–water partition coefficient (Wildman–Crippen LogP) is 3.89. The summed E-state index contributed by atoms with van der Waals surface area (Å²) in [6, 6.07) is 8.16. The average molecular weight is 407 g/mol. The van der Waals surface area contributed by atoms with Crippen molar-refractivity contribution < 1.29 is 17.9 Å². The molecule has 4 rings (SSSR count). The van der Waals surface area contributed by atoms with E-state index in [9.17, 15) is 13.2 Å². The molecular formula is C20H24F3N5O. The molecule has 156 valence electrons. The van der Waals surface area contributed by atoms with E-state index in [-0.39, 0.29) is 5.75 Å². The number of alkyl halides is 3. The summed E-state index contributed by atoms with van der Waals surface area (Å²) in [5.74, 6) is 1.27. The number of fused-ring (bicyclic) bond motifs is 1. The van der Waals surface area contributed by atoms with E-state index >= 15 is 0 Å². The zero-order valence-corrected chi connectivity index (χ0v) is 16.1. The summed E-state index contributed by atoms with van der Waals surface area (Å²) in [6.07, 6.45) is 1.66. The highest BCUT2D eigenvalue weighted by Gasteiger charge is 2.31. The molecule has 0 aliphatic carbocycles. The van der Waals surface area contributed by atoms with E-state index in [0.29, 0.717) is 5.92 Å². The normalized spacial score (nSPS) is 15.1. The Morgan fingerprint density at radius 1 is 1.10 bits per heavy atom. The van der Waals surface area contributed by atoms with Crippen LogP contribution in [0.25, 0.3) is 11.0 Å². The lowest BCUT2D eigenvalue weighted by molar-refractivity contribution is -0.274. The lowest BCUT2D eigenvalue weighted by Crippen LogP contribution is -2.35. The van der Waals surface area contributed by atoms with E-state index in [1.807, 2.05) is 12.3 Å². The molecule has 1 aliphatic heterocycles. The molecule has 3 heterocycles. The number of nitrogens with one attached hydrogen (secondary N) is 1. The number of benzene rings is 1. The predicted molar refractivity (Wildman–Crippen MR) is 106 cm³/mol. The monoisotopic (exact) mass is 407 g/mol. The molecule has 0 radical (unpaired) electrons. The van der Waals surface area contributed by atoms with Gasteiger partial charge in [0.2, 0.25) is 0 Å². The first-order valence-electron chi connectivity index (χ1n) is 9.43. The molecule has 0 amide bonds. The molecule has 2 aromatic heterocycles. The number of ether oxygens (including phenoxy) is 1. The number of hydrogen-bond acceptors (Lipinski definition) is 5. The fourth-order valence-corrected chi connectivity index (χ4v) is 3.62. The van der Waals surface area contributed by atoms with Crippen LogP contribution in [0.3, 0.4) is 0 Å². The first-order valence-corrected chi connectivity index (χ1v) is 9.43. The Morgan fingerprint density at radius 3 is 2.45 bits per heavy atom. The second kappa shape index (κ2) is 9.13. The molecule has 6 nitrogen and oxygen atoms in total. The van der Waals surface area contributed by atoms with Gasteiger partial charge in [0.1, 0.15) is 23.5 Å². The van der Waals surface area contributed by atoms with E-state index in [0.717, 1.165) is 54.8 Å². The molecule has 0 bridgehead atoms. The maximum absolute atomic E-state index is 12.2. The molecule has 0 spiro atoms. The standard InChI is InChI=1S/C19H19F3N4O.CH5N/c20-19(21,22)27-15-3-1-13(2-4-15)11-14-6-9-26(10-7-14)18-16-5-8-23-17(16)24-12-25-18;1-2/h1-5,8,12,14H,6-7,9-11H2,(H,23,24,25);2H2,1H3. The largest absolute Gasteiger partial charge is 0.573 e. The zero-order chi connectivity index (χ0) is 20.9. The van der Waals surface area contributed by atoms with Gasteiger partial charge in [-0.1, -0.05) is 12.1 Å². The highest BCUT2D eigenvalue weighted by atomic mass is 19.4. The first-order chi connectivity index (χ1) is 14.0. The maximum Gasteiger partial charge on any atom is 0.573 e. The maximum atomic E-state index is 12.2. The lowest BCUT2D eigenvalue weighted by Gasteiger charge is -2.33. The number of piperidine rings is 1. The van der Waals surface area contributed by atoms with Gasteiger partial charge in [-0.05, 0) is 56.0 Å². The summed E-state index contributed by atoms with van der Waals surface area (Å²) >= 11 is 0. The number of H-pyrrole nitrogens is 1. The molecular weight excluding hydrogens is 383 g/mol. The number of anilines is 1. The van der Waals surface area contributed by atoms with Gasteiger partial charge in [-0.2, -0.15) is 0 Å². The fraction of sp³-hybridized carbons (Fsp3) is 0.400. The minimum absolute atomic E-state index is 0.180. The van der Waals surface area contributed by atoms with Crippen LogP contribution in [-0.2, 0) is 6.42 Å². The number of hydrogen-bond donors (Lipinski definition) is 2. The smallest absolute Gasteiger partial charge is 0.406 e. The van der Waals surface area contributed by atoms with Gasteiger partial charge in [0.05, 0.1) is 5.39 Å². The average Bonchev–Trinajstić information content (AvgIpc) is 3.20. The van der Waals surface area contributed by atoms with Crippen LogP contribution >= 0.6 is 0 Å². The third-order valence-electron chi connectivity index (χ3n) is 4.93. The van der Waals surface area contributed by atoms with Crippen LogP contribution in [0.1, 0.15) is 18.4 Å². The second-order valence-corrected chi connectivity index (χ2v) is 6.76. The fourth-order valence-electron chi connectivity index (χ4n) is 3.62. The van der Waals surface area contributed by atoms with Crippen molar-refractivity contribution in [2.45, 2.75) is 25.6 Å². The van der Waals surface area contributed by atoms with Gasteiger partial charge in [0.25, 0.3) is 0 Å². The Bertz CT molecular complexity index is 902. The van der Waals surface area contributed by atoms with Crippen molar-refractivity contribution in [2.24, 2.45) is 11.7 Å². The van der Waals surface area contributed by atoms with Crippen LogP contribution in [-0.4, -0.2) is 41.5 Å². The van der Waals surface area contributed by atoms with Crippen LogP contribution in [0.4, 0.5) is 19.0 Å². The SMILES string of the molecule is CN.FC(F)(F)Oc1ccc(CC2CCN(c3ncnc4[nH]ccc34)CC2)cc1. The van der Waals surface area contributed by atoms with Crippen molar-refractivity contribution in [2.75, 3.05) is 25.0 Å². The number of nitrogens with zero attached hydrogens (tertiary/aromatic N) is 3. The van der Waals surface area contributed by atoms with Crippen LogP contribution < -0.4 is 15.4 Å². The van der Waals surface area contributed by atoms with Crippen molar-refractivity contribution >= 4 is 16.9 Å². The third-order valence-corrected chi connectivity index (χ3v) is 4.93. The summed E-state index contributed by atoms with van der Waals surface area (Å²) < 4.78 is 40.6. The van der Waals surface area contributed by atoms with Gasteiger partial charge in [-0.3, -0.25) is 0 Å². The molecule has 0 unspecified atom stereocenters. The van der Waals surface area contributed by atoms with E-state index in [2.05, 4.69) is 30.3 Å². The van der Waals surface area contributed by atoms with Crippen molar-refractivity contribution in [1.29, 1.82) is 0 Å².